The van der Waals surface area contributed by atoms with Crippen LogP contribution in [0.4, 0.5) is 5.69 Å². The largest absolute Gasteiger partial charge is 0.508 e. The number of ketones is 1. The first kappa shape index (κ1) is 20.3. The first-order chi connectivity index (χ1) is 14.7. The number of amides is 1. The van der Waals surface area contributed by atoms with E-state index in [0.717, 1.165) is 16.6 Å². The number of benzene rings is 3. The summed E-state index contributed by atoms with van der Waals surface area (Å²) in [5.41, 5.74) is 3.76. The maximum Gasteiger partial charge on any atom is 0.255 e. The Morgan fingerprint density at radius 3 is 2.19 bits per heavy atom. The lowest BCUT2D eigenvalue weighted by atomic mass is 9.86. The van der Waals surface area contributed by atoms with Crippen molar-refractivity contribution < 1.29 is 14.7 Å². The molecule has 0 radical (unpaired) electrons. The second kappa shape index (κ2) is 7.72. The molecule has 3 aromatic carbocycles. The van der Waals surface area contributed by atoms with Crippen molar-refractivity contribution in [3.63, 3.8) is 0 Å². The number of Topliss-reactive ketones (excluding diaryl/α,β-unsaturated/α-hetero) is 1. The summed E-state index contributed by atoms with van der Waals surface area (Å²) in [6.45, 7) is 5.71. The molecule has 3 N–H and O–H groups in total. The fraction of sp³-hybridized carbons (Fsp3) is 0.160. The standard InChI is InChI=1S/C25H23N3O3/c1-25(2,3)22(30)17-8-13-20-21(14-17)28-23(27-20)15-4-9-18(10-5-15)26-24(31)16-6-11-19(29)12-7-16/h4-14,29H,1-3H3,(H,26,31)(H,27,28). The predicted octanol–water partition coefficient (Wildman–Crippen LogP) is 5.42. The average molecular weight is 413 g/mol. The van der Waals surface area contributed by atoms with Crippen molar-refractivity contribution in [2.45, 2.75) is 20.8 Å². The van der Waals surface area contributed by atoms with Crippen LogP contribution in [0.2, 0.25) is 0 Å². The number of phenols is 1. The first-order valence-corrected chi connectivity index (χ1v) is 9.96. The lowest BCUT2D eigenvalue weighted by Gasteiger charge is -2.16. The van der Waals surface area contributed by atoms with E-state index in [-0.39, 0.29) is 17.4 Å². The van der Waals surface area contributed by atoms with Gasteiger partial charge in [0.25, 0.3) is 5.91 Å². The zero-order chi connectivity index (χ0) is 22.2. The van der Waals surface area contributed by atoms with E-state index in [9.17, 15) is 14.7 Å². The Morgan fingerprint density at radius 1 is 0.903 bits per heavy atom. The molecule has 0 unspecified atom stereocenters. The second-order valence-corrected chi connectivity index (χ2v) is 8.47. The topological polar surface area (TPSA) is 95.1 Å². The van der Waals surface area contributed by atoms with E-state index < -0.39 is 5.41 Å². The molecule has 1 heterocycles. The van der Waals surface area contributed by atoms with Crippen LogP contribution in [0.25, 0.3) is 22.4 Å². The number of carbonyl (C=O) groups is 2. The number of aromatic hydroxyl groups is 1. The lowest BCUT2D eigenvalue weighted by Crippen LogP contribution is -2.19. The molecule has 4 aromatic rings. The van der Waals surface area contributed by atoms with Gasteiger partial charge in [-0.3, -0.25) is 9.59 Å². The summed E-state index contributed by atoms with van der Waals surface area (Å²) in [7, 11) is 0. The summed E-state index contributed by atoms with van der Waals surface area (Å²) >= 11 is 0. The highest BCUT2D eigenvalue weighted by Gasteiger charge is 2.23. The molecule has 156 valence electrons. The number of anilines is 1. The van der Waals surface area contributed by atoms with Crippen molar-refractivity contribution in [1.29, 1.82) is 0 Å². The van der Waals surface area contributed by atoms with Gasteiger partial charge < -0.3 is 15.4 Å². The number of rotatable bonds is 4. The molecule has 0 aliphatic carbocycles. The molecule has 0 aliphatic heterocycles. The number of aromatic nitrogens is 2. The zero-order valence-corrected chi connectivity index (χ0v) is 17.6. The van der Waals surface area contributed by atoms with Crippen molar-refractivity contribution in [2.75, 3.05) is 5.32 Å². The summed E-state index contributed by atoms with van der Waals surface area (Å²) in [4.78, 5) is 32.8. The molecule has 0 saturated heterocycles. The van der Waals surface area contributed by atoms with Crippen molar-refractivity contribution in [2.24, 2.45) is 5.41 Å². The second-order valence-electron chi connectivity index (χ2n) is 8.47. The Balaban J connectivity index is 1.54. The van der Waals surface area contributed by atoms with Crippen molar-refractivity contribution in [3.05, 3.63) is 77.9 Å². The summed E-state index contributed by atoms with van der Waals surface area (Å²) in [6.07, 6.45) is 0. The van der Waals surface area contributed by atoms with Crippen LogP contribution in [0.1, 0.15) is 41.5 Å². The van der Waals surface area contributed by atoms with Gasteiger partial charge in [0.15, 0.2) is 5.78 Å². The van der Waals surface area contributed by atoms with Crippen LogP contribution in [-0.4, -0.2) is 26.8 Å². The number of phenolic OH excluding ortho intramolecular Hbond substituents is 1. The molecule has 0 bridgehead atoms. The summed E-state index contributed by atoms with van der Waals surface area (Å²) in [6, 6.07) is 18.9. The minimum Gasteiger partial charge on any atom is -0.508 e. The van der Waals surface area contributed by atoms with E-state index in [4.69, 9.17) is 0 Å². The number of imidazole rings is 1. The first-order valence-electron chi connectivity index (χ1n) is 9.96. The van der Waals surface area contributed by atoms with E-state index in [1.165, 1.54) is 12.1 Å². The molecule has 1 amide bonds. The van der Waals surface area contributed by atoms with E-state index in [0.29, 0.717) is 22.6 Å². The van der Waals surface area contributed by atoms with Gasteiger partial charge in [0.2, 0.25) is 0 Å². The number of fused-ring (bicyclic) bond motifs is 1. The minimum absolute atomic E-state index is 0.0827. The maximum atomic E-state index is 12.6. The van der Waals surface area contributed by atoms with Crippen LogP contribution in [0.5, 0.6) is 5.75 Å². The van der Waals surface area contributed by atoms with E-state index in [2.05, 4.69) is 15.3 Å². The number of carbonyl (C=O) groups excluding carboxylic acids is 2. The highest BCUT2D eigenvalue weighted by atomic mass is 16.3. The number of H-pyrrole nitrogens is 1. The van der Waals surface area contributed by atoms with E-state index in [1.807, 2.05) is 51.1 Å². The molecule has 0 atom stereocenters. The van der Waals surface area contributed by atoms with Gasteiger partial charge in [0.05, 0.1) is 11.0 Å². The molecule has 0 saturated carbocycles. The Hall–Kier alpha value is -3.93. The number of hydrogen-bond donors (Lipinski definition) is 3. The fourth-order valence-electron chi connectivity index (χ4n) is 3.25. The molecule has 0 fully saturated rings. The molecule has 4 rings (SSSR count). The quantitative estimate of drug-likeness (QED) is 0.390. The van der Waals surface area contributed by atoms with E-state index in [1.54, 1.807) is 24.3 Å². The Labute approximate surface area is 180 Å². The highest BCUT2D eigenvalue weighted by molar-refractivity contribution is 6.04. The normalized spacial score (nSPS) is 11.5. The van der Waals surface area contributed by atoms with Gasteiger partial charge >= 0.3 is 0 Å². The highest BCUT2D eigenvalue weighted by Crippen LogP contribution is 2.26. The molecule has 0 aliphatic rings. The van der Waals surface area contributed by atoms with Crippen LogP contribution in [-0.2, 0) is 0 Å². The van der Waals surface area contributed by atoms with Crippen LogP contribution < -0.4 is 5.32 Å². The van der Waals surface area contributed by atoms with Crippen LogP contribution >= 0.6 is 0 Å². The van der Waals surface area contributed by atoms with Crippen molar-refractivity contribution in [1.82, 2.24) is 9.97 Å². The van der Waals surface area contributed by atoms with Gasteiger partial charge in [-0.2, -0.15) is 0 Å². The summed E-state index contributed by atoms with van der Waals surface area (Å²) in [5, 5.41) is 12.2. The Morgan fingerprint density at radius 2 is 1.55 bits per heavy atom. The van der Waals surface area contributed by atoms with E-state index >= 15 is 0 Å². The Bertz CT molecular complexity index is 1260. The SMILES string of the molecule is CC(C)(C)C(=O)c1ccc2nc(-c3ccc(NC(=O)c4ccc(O)cc4)cc3)[nH]c2c1. The lowest BCUT2D eigenvalue weighted by molar-refractivity contribution is 0.0858. The monoisotopic (exact) mass is 413 g/mol. The fourth-order valence-corrected chi connectivity index (χ4v) is 3.25. The van der Waals surface area contributed by atoms with Gasteiger partial charge in [-0.05, 0) is 66.7 Å². The maximum absolute atomic E-state index is 12.6. The zero-order valence-electron chi connectivity index (χ0n) is 17.6. The summed E-state index contributed by atoms with van der Waals surface area (Å²) < 4.78 is 0. The van der Waals surface area contributed by atoms with Crippen molar-refractivity contribution in [3.8, 4) is 17.1 Å². The van der Waals surface area contributed by atoms with Crippen LogP contribution in [0, 0.1) is 5.41 Å². The number of hydrogen-bond acceptors (Lipinski definition) is 4. The van der Waals surface area contributed by atoms with Gasteiger partial charge in [-0.1, -0.05) is 20.8 Å². The molecule has 31 heavy (non-hydrogen) atoms. The van der Waals surface area contributed by atoms with Gasteiger partial charge in [0, 0.05) is 27.8 Å². The molecule has 0 spiro atoms. The number of aromatic amines is 1. The molecule has 6 nitrogen and oxygen atoms in total. The van der Waals surface area contributed by atoms with Crippen LogP contribution in [0.3, 0.4) is 0 Å². The molecule has 1 aromatic heterocycles. The molecule has 6 heteroatoms. The number of nitrogens with one attached hydrogen (secondary N) is 2. The third kappa shape index (κ3) is 4.33. The predicted molar refractivity (Wildman–Crippen MR) is 121 cm³/mol. The third-order valence-corrected chi connectivity index (χ3v) is 4.97. The molecular formula is C25H23N3O3. The average Bonchev–Trinajstić information content (AvgIpc) is 3.17. The summed E-state index contributed by atoms with van der Waals surface area (Å²) in [5.74, 6) is 0.625. The molecular weight excluding hydrogens is 390 g/mol. The smallest absolute Gasteiger partial charge is 0.255 e. The minimum atomic E-state index is -0.447. The van der Waals surface area contributed by atoms with Gasteiger partial charge in [-0.25, -0.2) is 4.98 Å². The Kier molecular flexibility index (Phi) is 5.07. The van der Waals surface area contributed by atoms with Crippen molar-refractivity contribution >= 4 is 28.4 Å². The number of nitrogens with zero attached hydrogens (tertiary/aromatic N) is 1. The van der Waals surface area contributed by atoms with Gasteiger partial charge in [0.1, 0.15) is 11.6 Å². The van der Waals surface area contributed by atoms with Crippen LogP contribution in [0.15, 0.2) is 66.7 Å². The van der Waals surface area contributed by atoms with Gasteiger partial charge in [-0.15, -0.1) is 0 Å². The third-order valence-electron chi connectivity index (χ3n) is 4.97.